The molecule has 0 spiro atoms. The molecule has 0 unspecified atom stereocenters. The van der Waals surface area contributed by atoms with Gasteiger partial charge in [0.1, 0.15) is 5.75 Å². The van der Waals surface area contributed by atoms with Crippen molar-refractivity contribution in [3.63, 3.8) is 0 Å². The lowest BCUT2D eigenvalue weighted by Gasteiger charge is -2.16. The Labute approximate surface area is 150 Å². The van der Waals surface area contributed by atoms with Crippen LogP contribution in [-0.2, 0) is 9.59 Å². The Bertz CT molecular complexity index is 743. The summed E-state index contributed by atoms with van der Waals surface area (Å²) in [6, 6.07) is 9.92. The lowest BCUT2D eigenvalue weighted by molar-refractivity contribution is -0.123. The minimum atomic E-state index is -0.566. The van der Waals surface area contributed by atoms with Gasteiger partial charge in [0.05, 0.1) is 26.5 Å². The highest BCUT2D eigenvalue weighted by Gasteiger charge is 2.13. The third-order valence-electron chi connectivity index (χ3n) is 3.26. The van der Waals surface area contributed by atoms with Crippen molar-refractivity contribution >= 4 is 23.4 Å². The summed E-state index contributed by atoms with van der Waals surface area (Å²) in [5.74, 6) is -0.538. The number of amides is 3. The summed E-state index contributed by atoms with van der Waals surface area (Å²) < 4.78 is 9.94. The van der Waals surface area contributed by atoms with Crippen LogP contribution in [0, 0.1) is 0 Å². The molecule has 0 saturated heterocycles. The van der Waals surface area contributed by atoms with Gasteiger partial charge in [0.25, 0.3) is 5.91 Å². The number of nitrogens with one attached hydrogen (secondary N) is 3. The molecule has 26 heavy (non-hydrogen) atoms. The third kappa shape index (κ3) is 5.95. The molecule has 9 heteroatoms. The summed E-state index contributed by atoms with van der Waals surface area (Å²) >= 11 is 0. The van der Waals surface area contributed by atoms with Crippen molar-refractivity contribution in [3.8, 4) is 5.75 Å². The minimum absolute atomic E-state index is 0.00554. The van der Waals surface area contributed by atoms with E-state index in [0.717, 1.165) is 0 Å². The molecule has 0 saturated carbocycles. The van der Waals surface area contributed by atoms with E-state index in [9.17, 15) is 14.4 Å². The quantitative estimate of drug-likeness (QED) is 0.624. The monoisotopic (exact) mass is 360 g/mol. The summed E-state index contributed by atoms with van der Waals surface area (Å²) in [5.41, 5.74) is 5.10. The van der Waals surface area contributed by atoms with E-state index in [0.29, 0.717) is 11.4 Å². The van der Waals surface area contributed by atoms with Crippen molar-refractivity contribution in [2.45, 2.75) is 0 Å². The summed E-state index contributed by atoms with van der Waals surface area (Å²) in [5, 5.41) is 2.72. The number of carbonyl (C=O) groups excluding carboxylic acids is 3. The van der Waals surface area contributed by atoms with Crippen LogP contribution in [0.3, 0.4) is 0 Å². The second-order valence-electron chi connectivity index (χ2n) is 5.43. The van der Waals surface area contributed by atoms with Gasteiger partial charge in [-0.05, 0) is 43.4 Å². The van der Waals surface area contributed by atoms with Gasteiger partial charge in [-0.2, -0.15) is 0 Å². The molecule has 138 valence electrons. The first-order valence-electron chi connectivity index (χ1n) is 7.73. The van der Waals surface area contributed by atoms with E-state index in [2.05, 4.69) is 16.2 Å². The van der Waals surface area contributed by atoms with E-state index >= 15 is 0 Å². The Morgan fingerprint density at radius 3 is 2.35 bits per heavy atom. The van der Waals surface area contributed by atoms with Gasteiger partial charge in [0, 0.05) is 5.69 Å². The third-order valence-corrected chi connectivity index (χ3v) is 3.26. The number of benzene rings is 1. The summed E-state index contributed by atoms with van der Waals surface area (Å²) in [6.07, 6.45) is 1.35. The van der Waals surface area contributed by atoms with Gasteiger partial charge in [0.15, 0.2) is 5.76 Å². The number of ether oxygens (including phenoxy) is 1. The maximum Gasteiger partial charge on any atom is 0.305 e. The van der Waals surface area contributed by atoms with Crippen LogP contribution in [0.5, 0.6) is 5.75 Å². The smallest absolute Gasteiger partial charge is 0.305 e. The predicted octanol–water partition coefficient (Wildman–Crippen LogP) is 0.620. The number of carbonyl (C=O) groups is 3. The molecule has 0 bridgehead atoms. The van der Waals surface area contributed by atoms with E-state index in [1.54, 1.807) is 44.5 Å². The number of hydrogen-bond acceptors (Lipinski definition) is 6. The minimum Gasteiger partial charge on any atom is -0.497 e. The fraction of sp³-hybridized carbons (Fsp3) is 0.235. The van der Waals surface area contributed by atoms with Gasteiger partial charge in [-0.1, -0.05) is 0 Å². The average molecular weight is 360 g/mol. The Kier molecular flexibility index (Phi) is 6.75. The Morgan fingerprint density at radius 1 is 1.04 bits per heavy atom. The van der Waals surface area contributed by atoms with Crippen LogP contribution in [-0.4, -0.2) is 49.9 Å². The second kappa shape index (κ2) is 9.23. The zero-order valence-electron chi connectivity index (χ0n) is 14.4. The molecule has 0 aliphatic carbocycles. The maximum absolute atomic E-state index is 12.0. The summed E-state index contributed by atoms with van der Waals surface area (Å²) in [7, 11) is 3.17. The molecular formula is C17H20N4O5. The maximum atomic E-state index is 12.0. The van der Waals surface area contributed by atoms with Crippen LogP contribution in [0.1, 0.15) is 10.6 Å². The highest BCUT2D eigenvalue weighted by molar-refractivity contribution is 5.94. The Morgan fingerprint density at radius 2 is 1.73 bits per heavy atom. The van der Waals surface area contributed by atoms with Crippen LogP contribution in [0.4, 0.5) is 5.69 Å². The Hall–Kier alpha value is -3.33. The highest BCUT2D eigenvalue weighted by atomic mass is 16.5. The Balaban J connectivity index is 1.70. The first-order valence-corrected chi connectivity index (χ1v) is 7.73. The molecule has 1 heterocycles. The van der Waals surface area contributed by atoms with Crippen molar-refractivity contribution in [1.82, 2.24) is 15.8 Å². The average Bonchev–Trinajstić information content (AvgIpc) is 3.14. The fourth-order valence-corrected chi connectivity index (χ4v) is 2.06. The molecule has 3 amide bonds. The van der Waals surface area contributed by atoms with E-state index in [-0.39, 0.29) is 24.8 Å². The number of methoxy groups -OCH3 is 1. The van der Waals surface area contributed by atoms with Gasteiger partial charge in [-0.25, -0.2) is 0 Å². The molecule has 0 aliphatic heterocycles. The predicted molar refractivity (Wildman–Crippen MR) is 93.4 cm³/mol. The largest absolute Gasteiger partial charge is 0.497 e. The van der Waals surface area contributed by atoms with Gasteiger partial charge < -0.3 is 14.5 Å². The number of hydrogen-bond donors (Lipinski definition) is 3. The first kappa shape index (κ1) is 19.0. The lowest BCUT2D eigenvalue weighted by Crippen LogP contribution is -2.46. The van der Waals surface area contributed by atoms with E-state index in [1.165, 1.54) is 17.2 Å². The van der Waals surface area contributed by atoms with Gasteiger partial charge in [0.2, 0.25) is 5.91 Å². The van der Waals surface area contributed by atoms with Crippen molar-refractivity contribution in [1.29, 1.82) is 0 Å². The standard InChI is InChI=1S/C17H20N4O5/c1-21(10-15(22)18-12-5-7-13(25-2)8-6-12)11-16(23)19-20-17(24)14-4-3-9-26-14/h3-9H,10-11H2,1-2H3,(H,18,22)(H,19,23)(H,20,24). The molecule has 0 aliphatic rings. The van der Waals surface area contributed by atoms with Crippen LogP contribution in [0.2, 0.25) is 0 Å². The van der Waals surface area contributed by atoms with Crippen molar-refractivity contribution in [3.05, 3.63) is 48.4 Å². The normalized spacial score (nSPS) is 10.3. The molecule has 1 aromatic heterocycles. The molecule has 2 rings (SSSR count). The van der Waals surface area contributed by atoms with E-state index < -0.39 is 11.8 Å². The van der Waals surface area contributed by atoms with Crippen molar-refractivity contribution < 1.29 is 23.5 Å². The zero-order valence-corrected chi connectivity index (χ0v) is 14.4. The number of likely N-dealkylation sites (N-methyl/N-ethyl adjacent to an activating group) is 1. The number of furan rings is 1. The molecule has 9 nitrogen and oxygen atoms in total. The summed E-state index contributed by atoms with van der Waals surface area (Å²) in [4.78, 5) is 36.9. The summed E-state index contributed by atoms with van der Waals surface area (Å²) in [6.45, 7) is -0.0694. The van der Waals surface area contributed by atoms with Crippen LogP contribution >= 0.6 is 0 Å². The molecule has 0 atom stereocenters. The van der Waals surface area contributed by atoms with E-state index in [4.69, 9.17) is 9.15 Å². The van der Waals surface area contributed by atoms with Gasteiger partial charge in [-0.3, -0.25) is 30.1 Å². The molecule has 3 N–H and O–H groups in total. The van der Waals surface area contributed by atoms with Crippen molar-refractivity contribution in [2.24, 2.45) is 0 Å². The van der Waals surface area contributed by atoms with Crippen LogP contribution < -0.4 is 20.9 Å². The molecule has 0 radical (unpaired) electrons. The van der Waals surface area contributed by atoms with Crippen LogP contribution in [0.25, 0.3) is 0 Å². The SMILES string of the molecule is COc1ccc(NC(=O)CN(C)CC(=O)NNC(=O)c2ccco2)cc1. The molecule has 0 fully saturated rings. The number of hydrazine groups is 1. The second-order valence-corrected chi connectivity index (χ2v) is 5.43. The molecule has 2 aromatic rings. The highest BCUT2D eigenvalue weighted by Crippen LogP contribution is 2.14. The number of anilines is 1. The fourth-order valence-electron chi connectivity index (χ4n) is 2.06. The molecular weight excluding hydrogens is 340 g/mol. The topological polar surface area (TPSA) is 113 Å². The number of rotatable bonds is 7. The lowest BCUT2D eigenvalue weighted by atomic mass is 10.3. The zero-order chi connectivity index (χ0) is 18.9. The van der Waals surface area contributed by atoms with Crippen LogP contribution in [0.15, 0.2) is 47.1 Å². The van der Waals surface area contributed by atoms with E-state index in [1.807, 2.05) is 0 Å². The van der Waals surface area contributed by atoms with Gasteiger partial charge >= 0.3 is 5.91 Å². The van der Waals surface area contributed by atoms with Crippen molar-refractivity contribution in [2.75, 3.05) is 32.6 Å². The molecule has 1 aromatic carbocycles. The number of nitrogens with zero attached hydrogens (tertiary/aromatic N) is 1. The first-order chi connectivity index (χ1) is 12.5. The van der Waals surface area contributed by atoms with Gasteiger partial charge in [-0.15, -0.1) is 0 Å².